The molecule has 3 nitrogen and oxygen atoms in total. The molecular formula is C10H8N3. The molecule has 0 bridgehead atoms. The third-order valence-corrected chi connectivity index (χ3v) is 1.69. The molecule has 0 aliphatic carbocycles. The predicted octanol–water partition coefficient (Wildman–Crippen LogP) is 1.66. The lowest BCUT2D eigenvalue weighted by atomic mass is 10.1. The third-order valence-electron chi connectivity index (χ3n) is 1.69. The Labute approximate surface area is 77.1 Å². The highest BCUT2D eigenvalue weighted by Gasteiger charge is 1.92. The molecule has 0 aromatic carbocycles. The van der Waals surface area contributed by atoms with Gasteiger partial charge in [0.1, 0.15) is 0 Å². The Bertz CT molecular complexity index is 308. The van der Waals surface area contributed by atoms with Crippen LogP contribution in [0.3, 0.4) is 0 Å². The van der Waals surface area contributed by atoms with Crippen molar-refractivity contribution in [3.8, 4) is 11.1 Å². The van der Waals surface area contributed by atoms with E-state index in [0.29, 0.717) is 0 Å². The second-order valence-corrected chi connectivity index (χ2v) is 2.47. The van der Waals surface area contributed by atoms with Crippen LogP contribution in [0.1, 0.15) is 0 Å². The molecule has 0 atom stereocenters. The molecule has 2 aromatic rings. The largest absolute Gasteiger partial charge is 0.265 e. The van der Waals surface area contributed by atoms with Crippen molar-refractivity contribution in [2.24, 2.45) is 0 Å². The molecule has 0 N–H and O–H groups in total. The minimum absolute atomic E-state index is 0. The van der Waals surface area contributed by atoms with E-state index in [0.717, 1.165) is 0 Å². The summed E-state index contributed by atoms with van der Waals surface area (Å²) >= 11 is 0. The standard InChI is InChI=1S/C10H8N2.N/c1-5-11-6-2-9(1)10-3-7-12-8-4-10;/h1-8H;. The first-order valence-electron chi connectivity index (χ1n) is 3.77. The Morgan fingerprint density at radius 1 is 0.615 bits per heavy atom. The van der Waals surface area contributed by atoms with E-state index in [9.17, 15) is 0 Å². The maximum Gasteiger partial charge on any atom is 0.0273 e. The van der Waals surface area contributed by atoms with E-state index in [2.05, 4.69) is 9.97 Å². The molecule has 2 heterocycles. The number of pyridine rings is 2. The van der Waals surface area contributed by atoms with Crippen LogP contribution in [0.5, 0.6) is 0 Å². The summed E-state index contributed by atoms with van der Waals surface area (Å²) in [7, 11) is 0. The zero-order valence-corrected chi connectivity index (χ0v) is 6.96. The quantitative estimate of drug-likeness (QED) is 0.653. The molecule has 0 amide bonds. The smallest absolute Gasteiger partial charge is 0.0273 e. The SMILES string of the molecule is [N].c1cc(-c2ccncc2)ccn1. The maximum absolute atomic E-state index is 3.96. The van der Waals surface area contributed by atoms with Crippen molar-refractivity contribution < 1.29 is 0 Å². The van der Waals surface area contributed by atoms with Crippen molar-refractivity contribution in [1.29, 1.82) is 0 Å². The first-order valence-corrected chi connectivity index (χ1v) is 3.77. The fourth-order valence-corrected chi connectivity index (χ4v) is 1.09. The van der Waals surface area contributed by atoms with Gasteiger partial charge in [-0.15, -0.1) is 0 Å². The van der Waals surface area contributed by atoms with Crippen molar-refractivity contribution in [1.82, 2.24) is 16.1 Å². The number of rotatable bonds is 1. The number of hydrogen-bond donors (Lipinski definition) is 0. The van der Waals surface area contributed by atoms with Gasteiger partial charge in [-0.25, -0.2) is 0 Å². The van der Waals surface area contributed by atoms with Crippen molar-refractivity contribution >= 4 is 0 Å². The Hall–Kier alpha value is -1.74. The van der Waals surface area contributed by atoms with Gasteiger partial charge in [0.05, 0.1) is 0 Å². The van der Waals surface area contributed by atoms with Crippen molar-refractivity contribution in [2.45, 2.75) is 0 Å². The Morgan fingerprint density at radius 2 is 0.923 bits per heavy atom. The van der Waals surface area contributed by atoms with Gasteiger partial charge in [-0.1, -0.05) is 0 Å². The Morgan fingerprint density at radius 3 is 1.23 bits per heavy atom. The monoisotopic (exact) mass is 170 g/mol. The van der Waals surface area contributed by atoms with Crippen molar-refractivity contribution in [2.75, 3.05) is 0 Å². The topological polar surface area (TPSA) is 56.3 Å². The van der Waals surface area contributed by atoms with E-state index >= 15 is 0 Å². The molecule has 0 aliphatic heterocycles. The summed E-state index contributed by atoms with van der Waals surface area (Å²) in [6, 6.07) is 7.93. The van der Waals surface area contributed by atoms with Crippen molar-refractivity contribution in [3.63, 3.8) is 0 Å². The van der Waals surface area contributed by atoms with Gasteiger partial charge in [-0.05, 0) is 35.4 Å². The molecule has 0 saturated heterocycles. The second-order valence-electron chi connectivity index (χ2n) is 2.47. The molecule has 0 fully saturated rings. The molecule has 3 radical (unpaired) electrons. The highest BCUT2D eigenvalue weighted by molar-refractivity contribution is 5.61. The molecule has 2 aromatic heterocycles. The molecular weight excluding hydrogens is 162 g/mol. The van der Waals surface area contributed by atoms with Crippen LogP contribution in [0, 0.1) is 0 Å². The number of hydrogen-bond acceptors (Lipinski definition) is 2. The first kappa shape index (κ1) is 9.35. The molecule has 0 unspecified atom stereocenters. The molecule has 2 rings (SSSR count). The van der Waals surface area contributed by atoms with Crippen LogP contribution in [0.15, 0.2) is 49.1 Å². The van der Waals surface area contributed by atoms with E-state index in [1.54, 1.807) is 24.8 Å². The Kier molecular flexibility index (Phi) is 3.11. The van der Waals surface area contributed by atoms with Gasteiger partial charge in [-0.3, -0.25) is 9.97 Å². The van der Waals surface area contributed by atoms with Crippen LogP contribution >= 0.6 is 0 Å². The van der Waals surface area contributed by atoms with Crippen LogP contribution in [0.25, 0.3) is 11.1 Å². The van der Waals surface area contributed by atoms with Crippen LogP contribution < -0.4 is 6.15 Å². The normalized spacial score (nSPS) is 8.92. The molecule has 0 saturated carbocycles. The summed E-state index contributed by atoms with van der Waals surface area (Å²) in [5.74, 6) is 0. The van der Waals surface area contributed by atoms with Gasteiger partial charge >= 0.3 is 0 Å². The summed E-state index contributed by atoms with van der Waals surface area (Å²) in [5, 5.41) is 0. The summed E-state index contributed by atoms with van der Waals surface area (Å²) < 4.78 is 0. The van der Waals surface area contributed by atoms with Gasteiger partial charge < -0.3 is 0 Å². The predicted molar refractivity (Wildman–Crippen MR) is 49.6 cm³/mol. The van der Waals surface area contributed by atoms with E-state index in [-0.39, 0.29) is 6.15 Å². The van der Waals surface area contributed by atoms with Crippen LogP contribution in [0.4, 0.5) is 0 Å². The van der Waals surface area contributed by atoms with Crippen molar-refractivity contribution in [3.05, 3.63) is 49.1 Å². The zero-order chi connectivity index (χ0) is 8.23. The average Bonchev–Trinajstić information content (AvgIpc) is 2.21. The van der Waals surface area contributed by atoms with Gasteiger partial charge in [0.15, 0.2) is 0 Å². The second kappa shape index (κ2) is 4.33. The van der Waals surface area contributed by atoms with E-state index in [1.165, 1.54) is 11.1 Å². The minimum atomic E-state index is 0. The number of nitrogens with zero attached hydrogens (tertiary/aromatic N) is 3. The first-order chi connectivity index (χ1) is 5.97. The highest BCUT2D eigenvalue weighted by Crippen LogP contribution is 2.15. The third kappa shape index (κ3) is 2.10. The Balaban J connectivity index is 0.000000845. The van der Waals surface area contributed by atoms with Gasteiger partial charge in [0, 0.05) is 30.9 Å². The molecule has 0 aliphatic rings. The van der Waals surface area contributed by atoms with E-state index < -0.39 is 0 Å². The van der Waals surface area contributed by atoms with Crippen LogP contribution in [-0.2, 0) is 0 Å². The molecule has 3 heteroatoms. The highest BCUT2D eigenvalue weighted by atomic mass is 14.6. The summed E-state index contributed by atoms with van der Waals surface area (Å²) in [6.07, 6.45) is 7.15. The van der Waals surface area contributed by atoms with Gasteiger partial charge in [-0.2, -0.15) is 0 Å². The van der Waals surface area contributed by atoms with E-state index in [1.807, 2.05) is 24.3 Å². The average molecular weight is 170 g/mol. The fraction of sp³-hybridized carbons (Fsp3) is 0. The zero-order valence-electron chi connectivity index (χ0n) is 6.96. The molecule has 63 valence electrons. The lowest BCUT2D eigenvalue weighted by molar-refractivity contribution is 1.31. The van der Waals surface area contributed by atoms with Crippen LogP contribution in [0.2, 0.25) is 0 Å². The number of aromatic nitrogens is 2. The van der Waals surface area contributed by atoms with Gasteiger partial charge in [0.25, 0.3) is 0 Å². The summed E-state index contributed by atoms with van der Waals surface area (Å²) in [4.78, 5) is 7.91. The maximum atomic E-state index is 3.96. The fourth-order valence-electron chi connectivity index (χ4n) is 1.09. The lowest BCUT2D eigenvalue weighted by Crippen LogP contribution is -1.77. The molecule has 13 heavy (non-hydrogen) atoms. The molecule has 0 spiro atoms. The summed E-state index contributed by atoms with van der Waals surface area (Å²) in [5.41, 5.74) is 2.35. The summed E-state index contributed by atoms with van der Waals surface area (Å²) in [6.45, 7) is 0. The van der Waals surface area contributed by atoms with Gasteiger partial charge in [0.2, 0.25) is 0 Å². The van der Waals surface area contributed by atoms with Crippen LogP contribution in [-0.4, -0.2) is 9.97 Å². The lowest BCUT2D eigenvalue weighted by Gasteiger charge is -1.97. The minimum Gasteiger partial charge on any atom is -0.265 e. The van der Waals surface area contributed by atoms with E-state index in [4.69, 9.17) is 0 Å².